The Morgan fingerprint density at radius 2 is 2.21 bits per heavy atom. The van der Waals surface area contributed by atoms with Gasteiger partial charge in [0.25, 0.3) is 5.91 Å². The van der Waals surface area contributed by atoms with Crippen LogP contribution in [-0.4, -0.2) is 34.8 Å². The SMILES string of the molecule is Cn1ncc2ccc(C(=O)NC3CCNCC3)cc21. The molecule has 1 fully saturated rings. The van der Waals surface area contributed by atoms with Gasteiger partial charge in [0.05, 0.1) is 11.7 Å². The van der Waals surface area contributed by atoms with Gasteiger partial charge in [-0.15, -0.1) is 0 Å². The van der Waals surface area contributed by atoms with Crippen LogP contribution in [0.3, 0.4) is 0 Å². The first-order valence-corrected chi connectivity index (χ1v) is 6.67. The molecule has 0 atom stereocenters. The fourth-order valence-corrected chi connectivity index (χ4v) is 2.52. The number of carbonyl (C=O) groups excluding carboxylic acids is 1. The summed E-state index contributed by atoms with van der Waals surface area (Å²) in [5.41, 5.74) is 1.69. The average Bonchev–Trinajstić information content (AvgIpc) is 2.81. The van der Waals surface area contributed by atoms with E-state index in [-0.39, 0.29) is 11.9 Å². The lowest BCUT2D eigenvalue weighted by Crippen LogP contribution is -2.42. The maximum Gasteiger partial charge on any atom is 0.251 e. The van der Waals surface area contributed by atoms with E-state index in [9.17, 15) is 4.79 Å². The molecule has 0 spiro atoms. The molecule has 0 bridgehead atoms. The molecule has 3 rings (SSSR count). The summed E-state index contributed by atoms with van der Waals surface area (Å²) in [6.45, 7) is 1.96. The third kappa shape index (κ3) is 2.46. The van der Waals surface area contributed by atoms with Crippen LogP contribution in [0.5, 0.6) is 0 Å². The Morgan fingerprint density at radius 1 is 1.42 bits per heavy atom. The maximum atomic E-state index is 12.2. The number of rotatable bonds is 2. The summed E-state index contributed by atoms with van der Waals surface area (Å²) < 4.78 is 1.79. The summed E-state index contributed by atoms with van der Waals surface area (Å²) in [6.07, 6.45) is 3.81. The predicted octanol–water partition coefficient (Wildman–Crippen LogP) is 1.06. The molecule has 5 nitrogen and oxygen atoms in total. The van der Waals surface area contributed by atoms with E-state index in [2.05, 4.69) is 15.7 Å². The lowest BCUT2D eigenvalue weighted by atomic mass is 10.1. The van der Waals surface area contributed by atoms with Crippen LogP contribution in [-0.2, 0) is 7.05 Å². The predicted molar refractivity (Wildman–Crippen MR) is 74.1 cm³/mol. The first kappa shape index (κ1) is 12.2. The highest BCUT2D eigenvalue weighted by Crippen LogP contribution is 2.15. The third-order valence-corrected chi connectivity index (χ3v) is 3.69. The van der Waals surface area contributed by atoms with Gasteiger partial charge in [-0.25, -0.2) is 0 Å². The monoisotopic (exact) mass is 258 g/mol. The zero-order valence-electron chi connectivity index (χ0n) is 11.0. The molecule has 1 aromatic carbocycles. The van der Waals surface area contributed by atoms with Crippen molar-refractivity contribution >= 4 is 16.8 Å². The van der Waals surface area contributed by atoms with Crippen molar-refractivity contribution < 1.29 is 4.79 Å². The number of nitrogens with zero attached hydrogens (tertiary/aromatic N) is 2. The summed E-state index contributed by atoms with van der Waals surface area (Å²) >= 11 is 0. The molecule has 5 heteroatoms. The minimum absolute atomic E-state index is 0.00926. The van der Waals surface area contributed by atoms with E-state index in [4.69, 9.17) is 0 Å². The molecular formula is C14H18N4O. The summed E-state index contributed by atoms with van der Waals surface area (Å²) in [6, 6.07) is 6.00. The number of amides is 1. The number of aromatic nitrogens is 2. The molecule has 19 heavy (non-hydrogen) atoms. The van der Waals surface area contributed by atoms with Crippen LogP contribution < -0.4 is 10.6 Å². The van der Waals surface area contributed by atoms with Gasteiger partial charge in [0, 0.05) is 24.0 Å². The van der Waals surface area contributed by atoms with Gasteiger partial charge in [0.1, 0.15) is 0 Å². The van der Waals surface area contributed by atoms with Crippen molar-refractivity contribution in [3.8, 4) is 0 Å². The highest BCUT2D eigenvalue weighted by atomic mass is 16.1. The Balaban J connectivity index is 1.78. The van der Waals surface area contributed by atoms with E-state index in [1.165, 1.54) is 0 Å². The van der Waals surface area contributed by atoms with Gasteiger partial charge in [-0.1, -0.05) is 6.07 Å². The molecule has 0 unspecified atom stereocenters. The van der Waals surface area contributed by atoms with Crippen LogP contribution in [0.1, 0.15) is 23.2 Å². The second-order valence-corrected chi connectivity index (χ2v) is 5.04. The first-order chi connectivity index (χ1) is 9.24. The Labute approximate surface area is 112 Å². The summed E-state index contributed by atoms with van der Waals surface area (Å²) in [7, 11) is 1.89. The second kappa shape index (κ2) is 5.01. The number of aryl methyl sites for hydroxylation is 1. The molecular weight excluding hydrogens is 240 g/mol. The standard InChI is InChI=1S/C14H18N4O/c1-18-13-8-10(2-3-11(13)9-16-18)14(19)17-12-4-6-15-7-5-12/h2-3,8-9,12,15H,4-7H2,1H3,(H,17,19). The lowest BCUT2D eigenvalue weighted by molar-refractivity contribution is 0.0929. The highest BCUT2D eigenvalue weighted by molar-refractivity contribution is 5.97. The largest absolute Gasteiger partial charge is 0.349 e. The summed E-state index contributed by atoms with van der Waals surface area (Å²) in [5.74, 6) is 0.00926. The third-order valence-electron chi connectivity index (χ3n) is 3.69. The average molecular weight is 258 g/mol. The van der Waals surface area contributed by atoms with E-state index >= 15 is 0 Å². The molecule has 0 saturated carbocycles. The van der Waals surface area contributed by atoms with Crippen molar-refractivity contribution in [1.29, 1.82) is 0 Å². The van der Waals surface area contributed by atoms with E-state index < -0.39 is 0 Å². The molecule has 1 aliphatic rings. The number of piperidine rings is 1. The molecule has 1 aliphatic heterocycles. The number of carbonyl (C=O) groups is 1. The van der Waals surface area contributed by atoms with Crippen molar-refractivity contribution in [3.05, 3.63) is 30.0 Å². The van der Waals surface area contributed by atoms with Crippen molar-refractivity contribution in [2.75, 3.05) is 13.1 Å². The van der Waals surface area contributed by atoms with Crippen LogP contribution in [0.15, 0.2) is 24.4 Å². The first-order valence-electron chi connectivity index (χ1n) is 6.67. The number of fused-ring (bicyclic) bond motifs is 1. The summed E-state index contributed by atoms with van der Waals surface area (Å²) in [4.78, 5) is 12.2. The van der Waals surface area contributed by atoms with Crippen molar-refractivity contribution in [3.63, 3.8) is 0 Å². The van der Waals surface area contributed by atoms with Crippen molar-refractivity contribution in [2.24, 2.45) is 7.05 Å². The number of hydrogen-bond acceptors (Lipinski definition) is 3. The van der Waals surface area contributed by atoms with Crippen molar-refractivity contribution in [2.45, 2.75) is 18.9 Å². The van der Waals surface area contributed by atoms with Gasteiger partial charge in [0.2, 0.25) is 0 Å². The summed E-state index contributed by atoms with van der Waals surface area (Å²) in [5, 5.41) is 11.6. The van der Waals surface area contributed by atoms with Gasteiger partial charge in [-0.3, -0.25) is 9.48 Å². The number of nitrogens with one attached hydrogen (secondary N) is 2. The van der Waals surface area contributed by atoms with E-state index in [0.29, 0.717) is 5.56 Å². The van der Waals surface area contributed by atoms with Crippen LogP contribution in [0.2, 0.25) is 0 Å². The lowest BCUT2D eigenvalue weighted by Gasteiger charge is -2.23. The van der Waals surface area contributed by atoms with Gasteiger partial charge in [0.15, 0.2) is 0 Å². The minimum Gasteiger partial charge on any atom is -0.349 e. The van der Waals surface area contributed by atoms with E-state index in [1.54, 1.807) is 4.68 Å². The quantitative estimate of drug-likeness (QED) is 0.846. The van der Waals surface area contributed by atoms with Crippen LogP contribution in [0, 0.1) is 0 Å². The second-order valence-electron chi connectivity index (χ2n) is 5.04. The number of hydrogen-bond donors (Lipinski definition) is 2. The molecule has 2 N–H and O–H groups in total. The van der Waals surface area contributed by atoms with Crippen molar-refractivity contribution in [1.82, 2.24) is 20.4 Å². The molecule has 2 aromatic rings. The molecule has 2 heterocycles. The van der Waals surface area contributed by atoms with Gasteiger partial charge >= 0.3 is 0 Å². The Hall–Kier alpha value is -1.88. The molecule has 0 radical (unpaired) electrons. The smallest absolute Gasteiger partial charge is 0.251 e. The Bertz CT molecular complexity index is 599. The van der Waals surface area contributed by atoms with Crippen LogP contribution in [0.4, 0.5) is 0 Å². The fourth-order valence-electron chi connectivity index (χ4n) is 2.52. The van der Waals surface area contributed by atoms with Gasteiger partial charge in [-0.05, 0) is 38.1 Å². The Kier molecular flexibility index (Phi) is 3.21. The van der Waals surface area contributed by atoms with Crippen LogP contribution >= 0.6 is 0 Å². The Morgan fingerprint density at radius 3 is 3.00 bits per heavy atom. The molecule has 1 amide bonds. The van der Waals surface area contributed by atoms with Crippen LogP contribution in [0.25, 0.3) is 10.9 Å². The normalized spacial score (nSPS) is 16.7. The number of benzene rings is 1. The minimum atomic E-state index is 0.00926. The topological polar surface area (TPSA) is 59.0 Å². The van der Waals surface area contributed by atoms with E-state index in [1.807, 2.05) is 31.4 Å². The van der Waals surface area contributed by atoms with Gasteiger partial charge in [-0.2, -0.15) is 5.10 Å². The zero-order chi connectivity index (χ0) is 13.2. The van der Waals surface area contributed by atoms with Gasteiger partial charge < -0.3 is 10.6 Å². The molecule has 100 valence electrons. The zero-order valence-corrected chi connectivity index (χ0v) is 11.0. The molecule has 1 saturated heterocycles. The maximum absolute atomic E-state index is 12.2. The fraction of sp³-hybridized carbons (Fsp3) is 0.429. The highest BCUT2D eigenvalue weighted by Gasteiger charge is 2.16. The molecule has 1 aromatic heterocycles. The van der Waals surface area contributed by atoms with E-state index in [0.717, 1.165) is 36.8 Å². The molecule has 0 aliphatic carbocycles.